The lowest BCUT2D eigenvalue weighted by molar-refractivity contribution is -0.121. The van der Waals surface area contributed by atoms with E-state index in [9.17, 15) is 32.7 Å². The molecule has 0 spiro atoms. The molecule has 47 heavy (non-hydrogen) atoms. The number of benzene rings is 3. The van der Waals surface area contributed by atoms with Crippen LogP contribution >= 0.6 is 0 Å². The van der Waals surface area contributed by atoms with E-state index < -0.39 is 33.2 Å². The second-order valence-corrected chi connectivity index (χ2v) is 12.5. The molecule has 1 atom stereocenters. The minimum absolute atomic E-state index is 0.0217. The molecule has 1 aliphatic heterocycles. The maximum absolute atomic E-state index is 12.2. The molecule has 3 amide bonds. The number of primary amides is 1. The summed E-state index contributed by atoms with van der Waals surface area (Å²) in [6.45, 7) is 2.80. The van der Waals surface area contributed by atoms with Gasteiger partial charge in [-0.3, -0.25) is 14.3 Å². The van der Waals surface area contributed by atoms with Crippen LogP contribution in [0.5, 0.6) is 11.5 Å². The number of phenols is 1. The van der Waals surface area contributed by atoms with Crippen LogP contribution in [-0.4, -0.2) is 57.7 Å². The fourth-order valence-electron chi connectivity index (χ4n) is 4.74. The summed E-state index contributed by atoms with van der Waals surface area (Å²) in [5, 5.41) is 11.8. The Kier molecular flexibility index (Phi) is 13.6. The predicted molar refractivity (Wildman–Crippen MR) is 172 cm³/mol. The molecule has 4 rings (SSSR count). The van der Waals surface area contributed by atoms with Crippen molar-refractivity contribution in [2.45, 2.75) is 50.9 Å². The Bertz CT molecular complexity index is 1660. The number of esters is 1. The molecule has 1 aliphatic rings. The molecule has 1 fully saturated rings. The van der Waals surface area contributed by atoms with Crippen molar-refractivity contribution in [3.8, 4) is 11.5 Å². The zero-order chi connectivity index (χ0) is 34.4. The second kappa shape index (κ2) is 17.5. The van der Waals surface area contributed by atoms with Crippen molar-refractivity contribution in [3.05, 3.63) is 94.5 Å². The molecular formula is C33H39N3O10S. The maximum atomic E-state index is 12.2. The van der Waals surface area contributed by atoms with Gasteiger partial charge in [0.1, 0.15) is 28.9 Å². The number of aromatic hydroxyl groups is 1. The predicted octanol–water partition coefficient (Wildman–Crippen LogP) is 3.57. The molecule has 1 saturated heterocycles. The van der Waals surface area contributed by atoms with Crippen LogP contribution in [0, 0.1) is 6.92 Å². The Morgan fingerprint density at radius 3 is 2.40 bits per heavy atom. The van der Waals surface area contributed by atoms with Crippen LogP contribution in [0.4, 0.5) is 4.79 Å². The number of amides is 3. The van der Waals surface area contributed by atoms with Gasteiger partial charge in [-0.15, -0.1) is 0 Å². The Morgan fingerprint density at radius 1 is 1.02 bits per heavy atom. The average Bonchev–Trinajstić information content (AvgIpc) is 3.32. The van der Waals surface area contributed by atoms with Gasteiger partial charge >= 0.3 is 12.1 Å². The molecule has 0 radical (unpaired) electrons. The van der Waals surface area contributed by atoms with Gasteiger partial charge in [-0.05, 0) is 60.6 Å². The highest BCUT2D eigenvalue weighted by molar-refractivity contribution is 7.90. The van der Waals surface area contributed by atoms with E-state index >= 15 is 0 Å². The molecule has 1 unspecified atom stereocenters. The number of phenolic OH excluding ortho intramolecular Hbond substituents is 1. The van der Waals surface area contributed by atoms with Crippen molar-refractivity contribution in [2.24, 2.45) is 5.73 Å². The number of carbonyl (C=O) groups excluding carboxylic acids is 4. The van der Waals surface area contributed by atoms with Gasteiger partial charge < -0.3 is 30.4 Å². The third kappa shape index (κ3) is 11.3. The number of unbranched alkanes of at least 4 members (excludes halogenated alkanes) is 1. The van der Waals surface area contributed by atoms with Gasteiger partial charge in [0, 0.05) is 13.0 Å². The third-order valence-corrected chi connectivity index (χ3v) is 8.77. The zero-order valence-electron chi connectivity index (χ0n) is 26.2. The van der Waals surface area contributed by atoms with Crippen LogP contribution in [0.25, 0.3) is 0 Å². The van der Waals surface area contributed by atoms with E-state index in [4.69, 9.17) is 10.5 Å². The molecule has 3 aromatic rings. The number of aryl methyl sites for hydroxylation is 2. The topological polar surface area (TPSA) is 200 Å². The molecule has 0 saturated carbocycles. The molecule has 3 aromatic carbocycles. The van der Waals surface area contributed by atoms with E-state index in [2.05, 4.69) is 14.8 Å². The summed E-state index contributed by atoms with van der Waals surface area (Å²) in [7, 11) is -2.47. The quantitative estimate of drug-likeness (QED) is 0.154. The van der Waals surface area contributed by atoms with Gasteiger partial charge in [-0.1, -0.05) is 54.6 Å². The summed E-state index contributed by atoms with van der Waals surface area (Å²) in [5.74, 6) is -1.27. The van der Waals surface area contributed by atoms with Crippen molar-refractivity contribution in [1.82, 2.24) is 10.0 Å². The smallest absolute Gasteiger partial charge is 0.404 e. The Balaban J connectivity index is 0.000000461. The Morgan fingerprint density at radius 2 is 1.77 bits per heavy atom. The minimum atomic E-state index is -3.70. The zero-order valence-corrected chi connectivity index (χ0v) is 27.0. The number of rotatable bonds is 13. The summed E-state index contributed by atoms with van der Waals surface area (Å²) < 4.78 is 41.1. The van der Waals surface area contributed by atoms with Gasteiger partial charge in [0.2, 0.25) is 21.8 Å². The van der Waals surface area contributed by atoms with E-state index in [1.165, 1.54) is 13.2 Å². The standard InChI is InChI=1S/C25H30N2O8S.C8H9NO2/c1-16-14-17(8-10-18(16)21-15-23(30)27-36(21,32)33)9-11-22(29)26-12-3-4-13-35-20-7-5-6-19(28)24(20)25(31)34-2;9-8(10)11-6-7-4-2-1-3-5-7/h5-8,10,14,21,28H,3-4,9,11-13,15H2,1-2H3,(H,26,29)(H,27,30);1-5H,6H2,(H2,9,10). The van der Waals surface area contributed by atoms with Gasteiger partial charge in [-0.2, -0.15) is 0 Å². The van der Waals surface area contributed by atoms with E-state index in [0.29, 0.717) is 38.0 Å². The van der Waals surface area contributed by atoms with Gasteiger partial charge in [0.15, 0.2) is 0 Å². The average molecular weight is 670 g/mol. The lowest BCUT2D eigenvalue weighted by Gasteiger charge is -2.13. The van der Waals surface area contributed by atoms with Crippen LogP contribution in [0.1, 0.15) is 63.5 Å². The molecule has 0 aliphatic carbocycles. The second-order valence-electron chi connectivity index (χ2n) is 10.6. The lowest BCUT2D eigenvalue weighted by Crippen LogP contribution is -2.25. The largest absolute Gasteiger partial charge is 0.507 e. The first-order valence-corrected chi connectivity index (χ1v) is 16.4. The van der Waals surface area contributed by atoms with Crippen LogP contribution in [-0.2, 0) is 42.1 Å². The van der Waals surface area contributed by atoms with E-state index in [1.54, 1.807) is 31.2 Å². The van der Waals surface area contributed by atoms with Gasteiger partial charge in [0.25, 0.3) is 0 Å². The van der Waals surface area contributed by atoms with Crippen LogP contribution in [0.2, 0.25) is 0 Å². The highest BCUT2D eigenvalue weighted by atomic mass is 32.2. The van der Waals surface area contributed by atoms with Crippen LogP contribution in [0.15, 0.2) is 66.7 Å². The van der Waals surface area contributed by atoms with Crippen LogP contribution in [0.3, 0.4) is 0 Å². The summed E-state index contributed by atoms with van der Waals surface area (Å²) >= 11 is 0. The Labute approximate surface area is 273 Å². The van der Waals surface area contributed by atoms with E-state index in [1.807, 2.05) is 41.1 Å². The molecule has 0 bridgehead atoms. The van der Waals surface area contributed by atoms with E-state index in [-0.39, 0.29) is 42.4 Å². The monoisotopic (exact) mass is 669 g/mol. The lowest BCUT2D eigenvalue weighted by atomic mass is 9.98. The highest BCUT2D eigenvalue weighted by Crippen LogP contribution is 2.32. The number of hydrogen-bond donors (Lipinski definition) is 4. The van der Waals surface area contributed by atoms with Crippen molar-refractivity contribution < 1.29 is 46.9 Å². The number of nitrogens with two attached hydrogens (primary N) is 1. The normalized spacial score (nSPS) is 14.6. The number of carbonyl (C=O) groups is 4. The van der Waals surface area contributed by atoms with Crippen molar-refractivity contribution in [2.75, 3.05) is 20.3 Å². The van der Waals surface area contributed by atoms with E-state index in [0.717, 1.165) is 16.7 Å². The molecule has 14 heteroatoms. The molecule has 252 valence electrons. The number of sulfonamides is 1. The van der Waals surface area contributed by atoms with Crippen LogP contribution < -0.4 is 20.5 Å². The fraction of sp³-hybridized carbons (Fsp3) is 0.333. The third-order valence-electron chi connectivity index (χ3n) is 7.09. The van der Waals surface area contributed by atoms with Crippen molar-refractivity contribution >= 4 is 33.9 Å². The highest BCUT2D eigenvalue weighted by Gasteiger charge is 2.38. The van der Waals surface area contributed by atoms with Gasteiger partial charge in [0.05, 0.1) is 20.1 Å². The summed E-state index contributed by atoms with van der Waals surface area (Å²) in [6, 6.07) is 19.2. The first kappa shape index (κ1) is 36.4. The summed E-state index contributed by atoms with van der Waals surface area (Å²) in [6.07, 6.45) is 1.24. The van der Waals surface area contributed by atoms with Gasteiger partial charge in [-0.25, -0.2) is 18.0 Å². The fourth-order valence-corrected chi connectivity index (χ4v) is 6.25. The molecule has 13 nitrogen and oxygen atoms in total. The minimum Gasteiger partial charge on any atom is -0.507 e. The summed E-state index contributed by atoms with van der Waals surface area (Å²) in [5.41, 5.74) is 7.95. The Hall–Kier alpha value is -5.11. The molecule has 1 heterocycles. The number of hydrogen-bond acceptors (Lipinski definition) is 10. The SMILES string of the molecule is COC(=O)c1c(O)cccc1OCCCCNC(=O)CCc1ccc(C2CC(=O)NS2(=O)=O)c(C)c1.NC(=O)OCc1ccccc1. The first-order valence-electron chi connectivity index (χ1n) is 14.8. The maximum Gasteiger partial charge on any atom is 0.404 e. The molecular weight excluding hydrogens is 630 g/mol. The van der Waals surface area contributed by atoms with Crippen molar-refractivity contribution in [1.29, 1.82) is 0 Å². The number of ether oxygens (including phenoxy) is 3. The molecule has 0 aromatic heterocycles. The molecule has 5 N–H and O–H groups in total. The van der Waals surface area contributed by atoms with Crippen molar-refractivity contribution in [3.63, 3.8) is 0 Å². The summed E-state index contributed by atoms with van der Waals surface area (Å²) in [4.78, 5) is 45.7. The number of methoxy groups -OCH3 is 1. The first-order chi connectivity index (χ1) is 22.4. The number of nitrogens with one attached hydrogen (secondary N) is 2.